The third kappa shape index (κ3) is 4.07. The topological polar surface area (TPSA) is 44.1 Å². The van der Waals surface area contributed by atoms with E-state index in [2.05, 4.69) is 37.2 Å². The number of nitrogens with zero attached hydrogens (tertiary/aromatic N) is 5. The van der Waals surface area contributed by atoms with Gasteiger partial charge in [0.15, 0.2) is 0 Å². The van der Waals surface area contributed by atoms with Gasteiger partial charge >= 0.3 is 0 Å². The van der Waals surface area contributed by atoms with Crippen molar-refractivity contribution in [1.29, 1.82) is 0 Å². The van der Waals surface area contributed by atoms with Crippen LogP contribution in [0, 0.1) is 5.92 Å². The van der Waals surface area contributed by atoms with Crippen LogP contribution in [-0.4, -0.2) is 75.8 Å². The van der Waals surface area contributed by atoms with Crippen LogP contribution in [0.1, 0.15) is 25.5 Å². The quantitative estimate of drug-likeness (QED) is 0.838. The number of carbonyl (C=O) groups is 1. The summed E-state index contributed by atoms with van der Waals surface area (Å²) in [6.45, 7) is 9.50. The van der Waals surface area contributed by atoms with Crippen molar-refractivity contribution in [3.63, 3.8) is 0 Å². The molecule has 1 atom stereocenters. The molecule has 2 aliphatic heterocycles. The van der Waals surface area contributed by atoms with Crippen molar-refractivity contribution in [2.24, 2.45) is 5.92 Å². The summed E-state index contributed by atoms with van der Waals surface area (Å²) in [4.78, 5) is 24.0. The Kier molecular flexibility index (Phi) is 5.22. The molecule has 4 heterocycles. The van der Waals surface area contributed by atoms with Crippen LogP contribution in [0.5, 0.6) is 0 Å². The number of likely N-dealkylation sites (tertiary alicyclic amines) is 1. The van der Waals surface area contributed by atoms with E-state index >= 15 is 0 Å². The van der Waals surface area contributed by atoms with Gasteiger partial charge in [0.1, 0.15) is 5.65 Å². The van der Waals surface area contributed by atoms with Gasteiger partial charge in [-0.15, -0.1) is 0 Å². The zero-order valence-corrected chi connectivity index (χ0v) is 15.7. The highest BCUT2D eigenvalue weighted by molar-refractivity contribution is 5.78. The number of piperidine rings is 1. The molecule has 0 aromatic carbocycles. The van der Waals surface area contributed by atoms with Gasteiger partial charge < -0.3 is 9.30 Å². The minimum absolute atomic E-state index is 0.311. The second-order valence-corrected chi connectivity index (χ2v) is 7.84. The summed E-state index contributed by atoms with van der Waals surface area (Å²) in [7, 11) is 0. The molecule has 0 radical (unpaired) electrons. The second kappa shape index (κ2) is 7.76. The maximum Gasteiger partial charge on any atom is 0.236 e. The van der Waals surface area contributed by atoms with E-state index in [9.17, 15) is 4.79 Å². The average molecular weight is 355 g/mol. The summed E-state index contributed by atoms with van der Waals surface area (Å²) in [5, 5.41) is 0. The molecule has 2 aliphatic rings. The Morgan fingerprint density at radius 1 is 1.15 bits per heavy atom. The molecule has 4 rings (SSSR count). The number of imidazole rings is 1. The minimum atomic E-state index is 0.311. The molecule has 0 saturated carbocycles. The smallest absolute Gasteiger partial charge is 0.236 e. The van der Waals surface area contributed by atoms with Gasteiger partial charge in [-0.3, -0.25) is 14.6 Å². The first kappa shape index (κ1) is 17.5. The molecular weight excluding hydrogens is 326 g/mol. The van der Waals surface area contributed by atoms with Crippen molar-refractivity contribution in [1.82, 2.24) is 24.1 Å². The van der Waals surface area contributed by atoms with Crippen LogP contribution in [0.25, 0.3) is 5.65 Å². The van der Waals surface area contributed by atoms with Crippen molar-refractivity contribution in [3.8, 4) is 0 Å². The number of piperazine rings is 1. The van der Waals surface area contributed by atoms with Gasteiger partial charge in [0.2, 0.25) is 5.91 Å². The second-order valence-electron chi connectivity index (χ2n) is 7.84. The lowest BCUT2D eigenvalue weighted by atomic mass is 10.0. The van der Waals surface area contributed by atoms with E-state index in [0.29, 0.717) is 18.4 Å². The molecule has 140 valence electrons. The largest absolute Gasteiger partial charge is 0.341 e. The lowest BCUT2D eigenvalue weighted by Gasteiger charge is -2.36. The number of amides is 1. The van der Waals surface area contributed by atoms with E-state index in [-0.39, 0.29) is 0 Å². The molecule has 2 aromatic heterocycles. The Hall–Kier alpha value is -1.92. The van der Waals surface area contributed by atoms with E-state index in [4.69, 9.17) is 0 Å². The van der Waals surface area contributed by atoms with Gasteiger partial charge in [-0.2, -0.15) is 0 Å². The highest BCUT2D eigenvalue weighted by Gasteiger charge is 2.24. The molecule has 0 aliphatic carbocycles. The van der Waals surface area contributed by atoms with Crippen LogP contribution in [0.15, 0.2) is 30.6 Å². The summed E-state index contributed by atoms with van der Waals surface area (Å²) >= 11 is 0. The third-order valence-electron chi connectivity index (χ3n) is 5.63. The highest BCUT2D eigenvalue weighted by atomic mass is 16.2. The Bertz CT molecular complexity index is 716. The molecule has 0 N–H and O–H groups in total. The molecule has 6 heteroatoms. The fourth-order valence-corrected chi connectivity index (χ4v) is 4.11. The first-order valence-electron chi connectivity index (χ1n) is 9.82. The molecule has 1 amide bonds. The first-order chi connectivity index (χ1) is 12.7. The van der Waals surface area contributed by atoms with E-state index in [1.807, 2.05) is 24.4 Å². The van der Waals surface area contributed by atoms with Gasteiger partial charge in [0.05, 0.1) is 12.2 Å². The average Bonchev–Trinajstić information content (AvgIpc) is 3.05. The van der Waals surface area contributed by atoms with Gasteiger partial charge in [0, 0.05) is 58.2 Å². The third-order valence-corrected chi connectivity index (χ3v) is 5.63. The fraction of sp³-hybridized carbons (Fsp3) is 0.600. The highest BCUT2D eigenvalue weighted by Crippen LogP contribution is 2.16. The summed E-state index contributed by atoms with van der Waals surface area (Å²) in [6.07, 6.45) is 6.56. The van der Waals surface area contributed by atoms with Crippen molar-refractivity contribution < 1.29 is 4.79 Å². The SMILES string of the molecule is CC1CCCN(C(=O)CN2CCN(Cc3cn4ccccc4n3)CC2)C1. The molecule has 2 aromatic rings. The number of carbonyl (C=O) groups excluding carboxylic acids is 1. The zero-order chi connectivity index (χ0) is 17.9. The van der Waals surface area contributed by atoms with Crippen molar-refractivity contribution in [2.45, 2.75) is 26.3 Å². The standard InChI is InChI=1S/C20H29N5O/c1-17-5-4-8-25(13-17)20(26)16-23-11-9-22(10-12-23)14-18-15-24-7-3-2-6-19(24)21-18/h2-3,6-7,15,17H,4-5,8-14,16H2,1H3. The number of pyridine rings is 1. The van der Waals surface area contributed by atoms with E-state index < -0.39 is 0 Å². The van der Waals surface area contributed by atoms with Crippen LogP contribution in [-0.2, 0) is 11.3 Å². The summed E-state index contributed by atoms with van der Waals surface area (Å²) in [6, 6.07) is 6.08. The molecule has 6 nitrogen and oxygen atoms in total. The molecule has 2 fully saturated rings. The summed E-state index contributed by atoms with van der Waals surface area (Å²) < 4.78 is 2.07. The van der Waals surface area contributed by atoms with Crippen LogP contribution < -0.4 is 0 Å². The molecule has 0 bridgehead atoms. The predicted molar refractivity (Wildman–Crippen MR) is 102 cm³/mol. The van der Waals surface area contributed by atoms with Gasteiger partial charge in [0.25, 0.3) is 0 Å². The molecule has 0 spiro atoms. The lowest BCUT2D eigenvalue weighted by molar-refractivity contribution is -0.134. The minimum Gasteiger partial charge on any atom is -0.341 e. The number of aromatic nitrogens is 2. The zero-order valence-electron chi connectivity index (χ0n) is 15.7. The number of hydrogen-bond donors (Lipinski definition) is 0. The maximum absolute atomic E-state index is 12.5. The van der Waals surface area contributed by atoms with Crippen molar-refractivity contribution >= 4 is 11.6 Å². The first-order valence-corrected chi connectivity index (χ1v) is 9.82. The van der Waals surface area contributed by atoms with Crippen LogP contribution in [0.4, 0.5) is 0 Å². The Morgan fingerprint density at radius 3 is 2.73 bits per heavy atom. The Labute approximate surface area is 155 Å². The Morgan fingerprint density at radius 2 is 1.96 bits per heavy atom. The van der Waals surface area contributed by atoms with Crippen LogP contribution in [0.3, 0.4) is 0 Å². The fourth-order valence-electron chi connectivity index (χ4n) is 4.11. The van der Waals surface area contributed by atoms with Crippen molar-refractivity contribution in [2.75, 3.05) is 45.8 Å². The number of hydrogen-bond acceptors (Lipinski definition) is 4. The molecule has 26 heavy (non-hydrogen) atoms. The van der Waals surface area contributed by atoms with Crippen LogP contribution in [0.2, 0.25) is 0 Å². The van der Waals surface area contributed by atoms with E-state index in [1.54, 1.807) is 0 Å². The summed E-state index contributed by atoms with van der Waals surface area (Å²) in [5.74, 6) is 0.959. The number of rotatable bonds is 4. The van der Waals surface area contributed by atoms with Gasteiger partial charge in [-0.1, -0.05) is 13.0 Å². The maximum atomic E-state index is 12.5. The summed E-state index contributed by atoms with van der Waals surface area (Å²) in [5.41, 5.74) is 2.12. The molecular formula is C20H29N5O. The normalized spacial score (nSPS) is 22.8. The van der Waals surface area contributed by atoms with Crippen LogP contribution >= 0.6 is 0 Å². The van der Waals surface area contributed by atoms with Gasteiger partial charge in [-0.05, 0) is 30.9 Å². The van der Waals surface area contributed by atoms with E-state index in [0.717, 1.165) is 63.6 Å². The molecule has 2 saturated heterocycles. The Balaban J connectivity index is 1.25. The lowest BCUT2D eigenvalue weighted by Crippen LogP contribution is -2.50. The van der Waals surface area contributed by atoms with Gasteiger partial charge in [-0.25, -0.2) is 4.98 Å². The monoisotopic (exact) mass is 355 g/mol. The molecule has 1 unspecified atom stereocenters. The number of fused-ring (bicyclic) bond motifs is 1. The van der Waals surface area contributed by atoms with E-state index in [1.165, 1.54) is 6.42 Å². The van der Waals surface area contributed by atoms with Crippen molar-refractivity contribution in [3.05, 3.63) is 36.3 Å². The predicted octanol–water partition coefficient (Wildman–Crippen LogP) is 1.71.